The van der Waals surface area contributed by atoms with E-state index in [0.29, 0.717) is 8.95 Å². The van der Waals surface area contributed by atoms with Gasteiger partial charge >= 0.3 is 0 Å². The van der Waals surface area contributed by atoms with Crippen LogP contribution in [0.4, 0.5) is 8.78 Å². The molecule has 0 saturated carbocycles. The van der Waals surface area contributed by atoms with Gasteiger partial charge in [-0.05, 0) is 31.9 Å². The lowest BCUT2D eigenvalue weighted by molar-refractivity contribution is 0.150. The Labute approximate surface area is 79.1 Å². The zero-order chi connectivity index (χ0) is 8.43. The molecule has 0 aliphatic heterocycles. The smallest absolute Gasteiger partial charge is 0.263 e. The molecule has 1 heterocycles. The van der Waals surface area contributed by atoms with Gasteiger partial charge in [-0.15, -0.1) is 0 Å². The van der Waals surface area contributed by atoms with Crippen LogP contribution in [-0.2, 0) is 0 Å². The molecule has 0 aromatic carbocycles. The molecule has 0 amide bonds. The van der Waals surface area contributed by atoms with Crippen LogP contribution in [0.1, 0.15) is 12.0 Å². The minimum atomic E-state index is -2.49. The molecule has 60 valence electrons. The zero-order valence-electron chi connectivity index (χ0n) is 5.19. The molecule has 0 N–H and O–H groups in total. The summed E-state index contributed by atoms with van der Waals surface area (Å²) in [5.74, 6) is 0. The first-order valence-corrected chi connectivity index (χ1v) is 4.28. The third kappa shape index (κ3) is 1.96. The second-order valence-corrected chi connectivity index (χ2v) is 3.47. The highest BCUT2D eigenvalue weighted by Crippen LogP contribution is 2.31. The van der Waals surface area contributed by atoms with Crippen LogP contribution < -0.4 is 0 Å². The topological polar surface area (TPSA) is 12.9 Å². The lowest BCUT2D eigenvalue weighted by atomic mass is 10.3. The van der Waals surface area contributed by atoms with Crippen LogP contribution in [0.15, 0.2) is 21.3 Å². The minimum Gasteiger partial charge on any atom is -0.263 e. The van der Waals surface area contributed by atoms with Crippen molar-refractivity contribution in [2.24, 2.45) is 0 Å². The van der Waals surface area contributed by atoms with Crippen molar-refractivity contribution in [3.05, 3.63) is 26.9 Å². The quantitative estimate of drug-likeness (QED) is 0.769. The van der Waals surface area contributed by atoms with Crippen molar-refractivity contribution in [3.8, 4) is 0 Å². The Hall–Kier alpha value is -0.0300. The summed E-state index contributed by atoms with van der Waals surface area (Å²) in [4.78, 5) is 3.61. The van der Waals surface area contributed by atoms with Gasteiger partial charge < -0.3 is 0 Å². The highest BCUT2D eigenvalue weighted by Gasteiger charge is 2.13. The molecular formula is C6H3Br2F2N. The van der Waals surface area contributed by atoms with Crippen molar-refractivity contribution in [2.75, 3.05) is 0 Å². The van der Waals surface area contributed by atoms with Gasteiger partial charge in [0.1, 0.15) is 0 Å². The van der Waals surface area contributed by atoms with Crippen LogP contribution in [-0.4, -0.2) is 4.98 Å². The molecule has 1 nitrogen and oxygen atoms in total. The molecule has 0 atom stereocenters. The third-order valence-corrected chi connectivity index (χ3v) is 3.12. The van der Waals surface area contributed by atoms with Gasteiger partial charge in [-0.2, -0.15) is 0 Å². The Balaban J connectivity index is 3.17. The van der Waals surface area contributed by atoms with Crippen LogP contribution in [0.5, 0.6) is 0 Å². The molecule has 0 fully saturated rings. The van der Waals surface area contributed by atoms with E-state index in [2.05, 4.69) is 36.8 Å². The highest BCUT2D eigenvalue weighted by molar-refractivity contribution is 9.13. The van der Waals surface area contributed by atoms with Crippen molar-refractivity contribution in [1.82, 2.24) is 4.98 Å². The number of alkyl halides is 2. The average molecular weight is 287 g/mol. The van der Waals surface area contributed by atoms with Gasteiger partial charge in [0, 0.05) is 16.9 Å². The molecule has 1 rings (SSSR count). The summed E-state index contributed by atoms with van der Waals surface area (Å²) in [5, 5.41) is 0. The third-order valence-electron chi connectivity index (χ3n) is 1.10. The summed E-state index contributed by atoms with van der Waals surface area (Å²) >= 11 is 6.09. The monoisotopic (exact) mass is 285 g/mol. The van der Waals surface area contributed by atoms with Gasteiger partial charge in [0.25, 0.3) is 6.43 Å². The standard InChI is InChI=1S/C6H3Br2F2N/c7-4-2-11-1-3(5(4)8)6(9)10/h1-2,6H. The lowest BCUT2D eigenvalue weighted by Gasteiger charge is -2.02. The van der Waals surface area contributed by atoms with E-state index in [-0.39, 0.29) is 5.56 Å². The summed E-state index contributed by atoms with van der Waals surface area (Å²) < 4.78 is 25.1. The molecule has 0 unspecified atom stereocenters. The fourth-order valence-corrected chi connectivity index (χ4v) is 1.31. The zero-order valence-corrected chi connectivity index (χ0v) is 8.36. The molecule has 0 radical (unpaired) electrons. The van der Waals surface area contributed by atoms with E-state index in [1.807, 2.05) is 0 Å². The molecule has 1 aromatic rings. The maximum absolute atomic E-state index is 12.1. The first kappa shape index (κ1) is 9.06. The summed E-state index contributed by atoms with van der Waals surface area (Å²) in [6, 6.07) is 0. The van der Waals surface area contributed by atoms with Gasteiger partial charge in [0.15, 0.2) is 0 Å². The number of hydrogen-bond donors (Lipinski definition) is 0. The average Bonchev–Trinajstić information content (AvgIpc) is 1.94. The maximum atomic E-state index is 12.1. The molecule has 1 aromatic heterocycles. The summed E-state index contributed by atoms with van der Waals surface area (Å²) in [6.07, 6.45) is 0.101. The molecule has 0 aliphatic carbocycles. The van der Waals surface area contributed by atoms with Gasteiger partial charge in [0.2, 0.25) is 0 Å². The number of rotatable bonds is 1. The van der Waals surface area contributed by atoms with Crippen molar-refractivity contribution >= 4 is 31.9 Å². The maximum Gasteiger partial charge on any atom is 0.266 e. The molecule has 0 aliphatic rings. The molecule has 0 bridgehead atoms. The SMILES string of the molecule is FC(F)c1cncc(Br)c1Br. The van der Waals surface area contributed by atoms with Crippen LogP contribution in [0.2, 0.25) is 0 Å². The van der Waals surface area contributed by atoms with Crippen LogP contribution in [0.3, 0.4) is 0 Å². The Morgan fingerprint density at radius 2 is 1.91 bits per heavy atom. The number of aromatic nitrogens is 1. The van der Waals surface area contributed by atoms with E-state index in [0.717, 1.165) is 6.20 Å². The molecule has 0 saturated heterocycles. The second-order valence-electron chi connectivity index (χ2n) is 1.83. The van der Waals surface area contributed by atoms with Crippen molar-refractivity contribution < 1.29 is 8.78 Å². The van der Waals surface area contributed by atoms with Gasteiger partial charge in [-0.25, -0.2) is 8.78 Å². The van der Waals surface area contributed by atoms with Crippen LogP contribution in [0.25, 0.3) is 0 Å². The summed E-state index contributed by atoms with van der Waals surface area (Å²) in [6.45, 7) is 0. The second kappa shape index (κ2) is 3.58. The Bertz CT molecular complexity index is 265. The predicted octanol–water partition coefficient (Wildman–Crippen LogP) is 3.54. The van der Waals surface area contributed by atoms with Gasteiger partial charge in [0.05, 0.1) is 10.0 Å². The van der Waals surface area contributed by atoms with E-state index < -0.39 is 6.43 Å². The lowest BCUT2D eigenvalue weighted by Crippen LogP contribution is -1.88. The van der Waals surface area contributed by atoms with E-state index in [4.69, 9.17) is 0 Å². The van der Waals surface area contributed by atoms with E-state index >= 15 is 0 Å². The number of halogens is 4. The number of pyridine rings is 1. The molecule has 5 heteroatoms. The van der Waals surface area contributed by atoms with Crippen molar-refractivity contribution in [1.29, 1.82) is 0 Å². The normalized spacial score (nSPS) is 10.6. The van der Waals surface area contributed by atoms with Gasteiger partial charge in [-0.3, -0.25) is 4.98 Å². The van der Waals surface area contributed by atoms with E-state index in [1.165, 1.54) is 6.20 Å². The highest BCUT2D eigenvalue weighted by atomic mass is 79.9. The first-order valence-electron chi connectivity index (χ1n) is 2.70. The number of hydrogen-bond acceptors (Lipinski definition) is 1. The summed E-state index contributed by atoms with van der Waals surface area (Å²) in [5.41, 5.74) is -0.0978. The first-order chi connectivity index (χ1) is 5.13. The Morgan fingerprint density at radius 3 is 2.36 bits per heavy atom. The Kier molecular flexibility index (Phi) is 2.95. The van der Waals surface area contributed by atoms with Gasteiger partial charge in [-0.1, -0.05) is 0 Å². The van der Waals surface area contributed by atoms with Crippen LogP contribution >= 0.6 is 31.9 Å². The number of nitrogens with zero attached hydrogens (tertiary/aromatic N) is 1. The molecule has 0 spiro atoms. The Morgan fingerprint density at radius 1 is 1.27 bits per heavy atom. The van der Waals surface area contributed by atoms with E-state index in [1.54, 1.807) is 0 Å². The van der Waals surface area contributed by atoms with Crippen molar-refractivity contribution in [2.45, 2.75) is 6.43 Å². The fraction of sp³-hybridized carbons (Fsp3) is 0.167. The van der Waals surface area contributed by atoms with Crippen LogP contribution in [0, 0.1) is 0 Å². The molecule has 11 heavy (non-hydrogen) atoms. The fourth-order valence-electron chi connectivity index (χ4n) is 0.586. The van der Waals surface area contributed by atoms with Crippen molar-refractivity contribution in [3.63, 3.8) is 0 Å². The largest absolute Gasteiger partial charge is 0.266 e. The van der Waals surface area contributed by atoms with E-state index in [9.17, 15) is 8.78 Å². The predicted molar refractivity (Wildman–Crippen MR) is 44.6 cm³/mol. The molecular weight excluding hydrogens is 284 g/mol. The minimum absolute atomic E-state index is 0.0978. The summed E-state index contributed by atoms with van der Waals surface area (Å²) in [7, 11) is 0.